The molecule has 0 aliphatic heterocycles. The Hall–Kier alpha value is -1.53. The van der Waals surface area contributed by atoms with E-state index in [2.05, 4.69) is 23.3 Å². The lowest BCUT2D eigenvalue weighted by atomic mass is 10.1. The van der Waals surface area contributed by atoms with Crippen molar-refractivity contribution in [1.29, 1.82) is 5.26 Å². The molecule has 0 atom stereocenters. The van der Waals surface area contributed by atoms with Gasteiger partial charge in [0.15, 0.2) is 0 Å². The normalized spacial score (nSPS) is 14.7. The number of nitriles is 1. The van der Waals surface area contributed by atoms with Gasteiger partial charge in [-0.05, 0) is 50.6 Å². The summed E-state index contributed by atoms with van der Waals surface area (Å²) in [5.41, 5.74) is 2.89. The van der Waals surface area contributed by atoms with E-state index >= 15 is 0 Å². The zero-order chi connectivity index (χ0) is 12.3. The molecule has 1 aromatic rings. The minimum atomic E-state index is 0.755. The van der Waals surface area contributed by atoms with Crippen LogP contribution in [0.25, 0.3) is 0 Å². The fraction of sp³-hybridized carbons (Fsp3) is 0.500. The molecule has 17 heavy (non-hydrogen) atoms. The van der Waals surface area contributed by atoms with Crippen molar-refractivity contribution in [2.45, 2.75) is 25.8 Å². The summed E-state index contributed by atoms with van der Waals surface area (Å²) in [6.45, 7) is 4.00. The highest BCUT2D eigenvalue weighted by Gasteiger charge is 2.25. The van der Waals surface area contributed by atoms with Gasteiger partial charge in [0.05, 0.1) is 11.6 Å². The second kappa shape index (κ2) is 5.20. The van der Waals surface area contributed by atoms with E-state index in [1.807, 2.05) is 25.1 Å². The second-order valence-corrected chi connectivity index (χ2v) is 4.78. The summed E-state index contributed by atoms with van der Waals surface area (Å²) < 4.78 is 0. The summed E-state index contributed by atoms with van der Waals surface area (Å²) >= 11 is 0. The van der Waals surface area contributed by atoms with Gasteiger partial charge in [-0.15, -0.1) is 0 Å². The quantitative estimate of drug-likeness (QED) is 0.842. The van der Waals surface area contributed by atoms with Crippen LogP contribution in [0.1, 0.15) is 24.0 Å². The fourth-order valence-electron chi connectivity index (χ4n) is 1.97. The van der Waals surface area contributed by atoms with Crippen LogP contribution in [0, 0.1) is 18.3 Å². The second-order valence-electron chi connectivity index (χ2n) is 4.78. The van der Waals surface area contributed by atoms with E-state index in [0.717, 1.165) is 35.9 Å². The molecule has 2 rings (SSSR count). The van der Waals surface area contributed by atoms with Crippen LogP contribution in [0.5, 0.6) is 0 Å². The van der Waals surface area contributed by atoms with Gasteiger partial charge in [-0.25, -0.2) is 0 Å². The molecule has 1 aromatic carbocycles. The van der Waals surface area contributed by atoms with E-state index < -0.39 is 0 Å². The molecule has 1 fully saturated rings. The predicted molar refractivity (Wildman–Crippen MR) is 70.0 cm³/mol. The van der Waals surface area contributed by atoms with Gasteiger partial charge in [0.25, 0.3) is 0 Å². The largest absolute Gasteiger partial charge is 0.384 e. The lowest BCUT2D eigenvalue weighted by molar-refractivity contribution is 0.337. The van der Waals surface area contributed by atoms with Crippen LogP contribution in [-0.4, -0.2) is 31.1 Å². The minimum absolute atomic E-state index is 0.755. The Morgan fingerprint density at radius 1 is 1.47 bits per heavy atom. The Morgan fingerprint density at radius 3 is 2.82 bits per heavy atom. The van der Waals surface area contributed by atoms with Gasteiger partial charge >= 0.3 is 0 Å². The molecule has 0 unspecified atom stereocenters. The lowest BCUT2D eigenvalue weighted by Gasteiger charge is -2.16. The maximum Gasteiger partial charge on any atom is 0.0994 e. The molecule has 0 amide bonds. The average Bonchev–Trinajstić information content (AvgIpc) is 3.13. The SMILES string of the molecule is Cc1cc(NCCN(C)C2CC2)ccc1C#N. The first-order valence-corrected chi connectivity index (χ1v) is 6.15. The Labute approximate surface area is 103 Å². The van der Waals surface area contributed by atoms with Crippen LogP contribution in [0.15, 0.2) is 18.2 Å². The molecule has 3 nitrogen and oxygen atoms in total. The summed E-state index contributed by atoms with van der Waals surface area (Å²) in [4.78, 5) is 2.41. The van der Waals surface area contributed by atoms with Gasteiger partial charge in [-0.1, -0.05) is 0 Å². The number of aryl methyl sites for hydroxylation is 1. The molecule has 1 aliphatic rings. The molecule has 0 bridgehead atoms. The van der Waals surface area contributed by atoms with Crippen molar-refractivity contribution in [3.63, 3.8) is 0 Å². The number of hydrogen-bond donors (Lipinski definition) is 1. The molecule has 0 radical (unpaired) electrons. The van der Waals surface area contributed by atoms with Crippen molar-refractivity contribution in [3.8, 4) is 6.07 Å². The molecular formula is C14H19N3. The number of anilines is 1. The first kappa shape index (κ1) is 11.9. The minimum Gasteiger partial charge on any atom is -0.384 e. The zero-order valence-electron chi connectivity index (χ0n) is 10.5. The topological polar surface area (TPSA) is 39.1 Å². The molecule has 0 heterocycles. The molecule has 1 N–H and O–H groups in total. The Balaban J connectivity index is 1.82. The zero-order valence-corrected chi connectivity index (χ0v) is 10.5. The number of nitrogens with one attached hydrogen (secondary N) is 1. The highest BCUT2D eigenvalue weighted by Crippen LogP contribution is 2.24. The first-order valence-electron chi connectivity index (χ1n) is 6.15. The van der Waals surface area contributed by atoms with Crippen LogP contribution in [-0.2, 0) is 0 Å². The first-order chi connectivity index (χ1) is 8.20. The molecular weight excluding hydrogens is 210 g/mol. The van der Waals surface area contributed by atoms with Crippen LogP contribution in [0.3, 0.4) is 0 Å². The Morgan fingerprint density at radius 2 is 2.24 bits per heavy atom. The summed E-state index contributed by atoms with van der Waals surface area (Å²) in [5.74, 6) is 0. The van der Waals surface area contributed by atoms with Crippen molar-refractivity contribution in [2.75, 3.05) is 25.5 Å². The van der Waals surface area contributed by atoms with Crippen LogP contribution in [0.4, 0.5) is 5.69 Å². The van der Waals surface area contributed by atoms with Crippen molar-refractivity contribution in [3.05, 3.63) is 29.3 Å². The van der Waals surface area contributed by atoms with Gasteiger partial charge < -0.3 is 10.2 Å². The number of rotatable bonds is 5. The standard InChI is InChI=1S/C14H19N3/c1-11-9-13(4-3-12(11)10-15)16-7-8-17(2)14-5-6-14/h3-4,9,14,16H,5-8H2,1-2H3. The number of benzene rings is 1. The van der Waals surface area contributed by atoms with Gasteiger partial charge in [-0.2, -0.15) is 5.26 Å². The predicted octanol–water partition coefficient (Wildman–Crippen LogP) is 2.37. The molecule has 0 saturated heterocycles. The van der Waals surface area contributed by atoms with E-state index in [4.69, 9.17) is 5.26 Å². The average molecular weight is 229 g/mol. The van der Waals surface area contributed by atoms with Crippen LogP contribution < -0.4 is 5.32 Å². The van der Waals surface area contributed by atoms with E-state index in [1.54, 1.807) is 0 Å². The van der Waals surface area contributed by atoms with Crippen molar-refractivity contribution in [2.24, 2.45) is 0 Å². The van der Waals surface area contributed by atoms with Gasteiger partial charge in [-0.3, -0.25) is 0 Å². The molecule has 1 aliphatic carbocycles. The molecule has 0 aromatic heterocycles. The Bertz CT molecular complexity index is 430. The number of nitrogens with zero attached hydrogens (tertiary/aromatic N) is 2. The summed E-state index contributed by atoms with van der Waals surface area (Å²) in [6, 6.07) is 8.89. The third kappa shape index (κ3) is 3.21. The molecule has 90 valence electrons. The molecule has 3 heteroatoms. The van der Waals surface area contributed by atoms with E-state index in [0.29, 0.717) is 0 Å². The monoisotopic (exact) mass is 229 g/mol. The van der Waals surface area contributed by atoms with E-state index in [9.17, 15) is 0 Å². The Kier molecular flexibility index (Phi) is 3.65. The highest BCUT2D eigenvalue weighted by atomic mass is 15.2. The van der Waals surface area contributed by atoms with E-state index in [-0.39, 0.29) is 0 Å². The third-order valence-corrected chi connectivity index (χ3v) is 3.31. The number of likely N-dealkylation sites (N-methyl/N-ethyl adjacent to an activating group) is 1. The summed E-state index contributed by atoms with van der Waals surface area (Å²) in [7, 11) is 2.18. The van der Waals surface area contributed by atoms with Crippen LogP contribution in [0.2, 0.25) is 0 Å². The van der Waals surface area contributed by atoms with Crippen molar-refractivity contribution in [1.82, 2.24) is 4.90 Å². The van der Waals surface area contributed by atoms with Gasteiger partial charge in [0.1, 0.15) is 0 Å². The van der Waals surface area contributed by atoms with Gasteiger partial charge in [0, 0.05) is 24.8 Å². The maximum atomic E-state index is 8.85. The maximum absolute atomic E-state index is 8.85. The molecule has 1 saturated carbocycles. The highest BCUT2D eigenvalue weighted by molar-refractivity contribution is 5.51. The number of hydrogen-bond acceptors (Lipinski definition) is 3. The lowest BCUT2D eigenvalue weighted by Crippen LogP contribution is -2.27. The fourth-order valence-corrected chi connectivity index (χ4v) is 1.97. The van der Waals surface area contributed by atoms with Gasteiger partial charge in [0.2, 0.25) is 0 Å². The summed E-state index contributed by atoms with van der Waals surface area (Å²) in [6.07, 6.45) is 2.71. The smallest absolute Gasteiger partial charge is 0.0994 e. The third-order valence-electron chi connectivity index (χ3n) is 3.31. The van der Waals surface area contributed by atoms with E-state index in [1.165, 1.54) is 12.8 Å². The molecule has 0 spiro atoms. The van der Waals surface area contributed by atoms with Crippen molar-refractivity contribution < 1.29 is 0 Å². The summed E-state index contributed by atoms with van der Waals surface area (Å²) in [5, 5.41) is 12.2. The van der Waals surface area contributed by atoms with Crippen molar-refractivity contribution >= 4 is 5.69 Å². The van der Waals surface area contributed by atoms with Crippen LogP contribution >= 0.6 is 0 Å².